The van der Waals surface area contributed by atoms with Crippen molar-refractivity contribution in [3.63, 3.8) is 0 Å². The third kappa shape index (κ3) is 2.58. The minimum absolute atomic E-state index is 0.207. The highest BCUT2D eigenvalue weighted by Crippen LogP contribution is 2.18. The van der Waals surface area contributed by atoms with Crippen molar-refractivity contribution in [2.75, 3.05) is 0 Å². The van der Waals surface area contributed by atoms with Crippen molar-refractivity contribution in [3.8, 4) is 0 Å². The zero-order valence-electron chi connectivity index (χ0n) is 10.4. The van der Waals surface area contributed by atoms with E-state index in [0.717, 1.165) is 18.5 Å². The Morgan fingerprint density at radius 3 is 3.16 bits per heavy atom. The largest absolute Gasteiger partial charge is 0.444 e. The van der Waals surface area contributed by atoms with Gasteiger partial charge in [0.15, 0.2) is 10.4 Å². The second-order valence-corrected chi connectivity index (χ2v) is 5.36. The molecule has 19 heavy (non-hydrogen) atoms. The predicted molar refractivity (Wildman–Crippen MR) is 72.7 cm³/mol. The van der Waals surface area contributed by atoms with E-state index in [1.807, 2.05) is 10.9 Å². The average molecular weight is 324 g/mol. The van der Waals surface area contributed by atoms with Gasteiger partial charge in [-0.3, -0.25) is 9.48 Å². The van der Waals surface area contributed by atoms with E-state index in [9.17, 15) is 4.79 Å². The van der Waals surface area contributed by atoms with Gasteiger partial charge in [-0.05, 0) is 47.3 Å². The van der Waals surface area contributed by atoms with Crippen molar-refractivity contribution >= 4 is 21.8 Å². The molecule has 6 heteroatoms. The van der Waals surface area contributed by atoms with Crippen LogP contribution in [-0.4, -0.2) is 15.7 Å². The molecular weight excluding hydrogens is 310 g/mol. The fourth-order valence-electron chi connectivity index (χ4n) is 2.33. The Balaban J connectivity index is 1.66. The van der Waals surface area contributed by atoms with Gasteiger partial charge in [0.2, 0.25) is 0 Å². The number of aryl methyl sites for hydroxylation is 1. The van der Waals surface area contributed by atoms with Crippen molar-refractivity contribution in [2.45, 2.75) is 32.4 Å². The van der Waals surface area contributed by atoms with Crippen LogP contribution in [0.4, 0.5) is 0 Å². The number of amides is 1. The van der Waals surface area contributed by atoms with Gasteiger partial charge in [0.25, 0.3) is 5.91 Å². The van der Waals surface area contributed by atoms with Crippen LogP contribution in [0.25, 0.3) is 0 Å². The van der Waals surface area contributed by atoms with Crippen molar-refractivity contribution in [1.29, 1.82) is 0 Å². The van der Waals surface area contributed by atoms with Crippen molar-refractivity contribution in [1.82, 2.24) is 15.1 Å². The summed E-state index contributed by atoms with van der Waals surface area (Å²) in [5, 5.41) is 7.20. The number of nitrogens with zero attached hydrogens (tertiary/aromatic N) is 2. The van der Waals surface area contributed by atoms with E-state index in [2.05, 4.69) is 26.3 Å². The van der Waals surface area contributed by atoms with E-state index in [-0.39, 0.29) is 5.91 Å². The summed E-state index contributed by atoms with van der Waals surface area (Å²) in [6.45, 7) is 1.47. The number of aromatic nitrogens is 2. The highest BCUT2D eigenvalue weighted by molar-refractivity contribution is 9.10. The molecule has 0 radical (unpaired) electrons. The number of hydrogen-bond acceptors (Lipinski definition) is 3. The van der Waals surface area contributed by atoms with Crippen LogP contribution in [0.15, 0.2) is 27.4 Å². The maximum atomic E-state index is 11.9. The number of hydrogen-bond donors (Lipinski definition) is 1. The number of nitrogens with one attached hydrogen (secondary N) is 1. The van der Waals surface area contributed by atoms with Crippen molar-refractivity contribution in [3.05, 3.63) is 40.0 Å². The Labute approximate surface area is 119 Å². The normalized spacial score (nSPS) is 14.2. The monoisotopic (exact) mass is 323 g/mol. The molecule has 1 N–H and O–H groups in total. The first kappa shape index (κ1) is 12.5. The van der Waals surface area contributed by atoms with Gasteiger partial charge in [0.1, 0.15) is 0 Å². The lowest BCUT2D eigenvalue weighted by molar-refractivity contribution is 0.0922. The topological polar surface area (TPSA) is 60.1 Å². The molecule has 2 aromatic rings. The highest BCUT2D eigenvalue weighted by atomic mass is 79.9. The molecule has 0 aliphatic carbocycles. The SMILES string of the molecule is O=C(NCc1cnn2c1CCCC2)c1ccc(Br)o1. The first-order valence-corrected chi connectivity index (χ1v) is 7.10. The Hall–Kier alpha value is -1.56. The standard InChI is InChI=1S/C13H14BrN3O2/c14-12-5-4-11(19-12)13(18)15-7-9-8-16-17-6-2-1-3-10(9)17/h4-5,8H,1-3,6-7H2,(H,15,18). The van der Waals surface area contributed by atoms with E-state index >= 15 is 0 Å². The van der Waals surface area contributed by atoms with Crippen LogP contribution >= 0.6 is 15.9 Å². The molecule has 1 aliphatic rings. The van der Waals surface area contributed by atoms with E-state index in [1.54, 1.807) is 12.1 Å². The molecule has 3 rings (SSSR count). The van der Waals surface area contributed by atoms with Gasteiger partial charge in [-0.1, -0.05) is 0 Å². The van der Waals surface area contributed by atoms with Crippen LogP contribution in [0.2, 0.25) is 0 Å². The van der Waals surface area contributed by atoms with E-state index < -0.39 is 0 Å². The Morgan fingerprint density at radius 2 is 2.37 bits per heavy atom. The first-order chi connectivity index (χ1) is 9.24. The molecule has 0 atom stereocenters. The second-order valence-electron chi connectivity index (χ2n) is 4.58. The summed E-state index contributed by atoms with van der Waals surface area (Å²) in [4.78, 5) is 11.9. The van der Waals surface area contributed by atoms with Gasteiger partial charge in [-0.2, -0.15) is 5.10 Å². The zero-order chi connectivity index (χ0) is 13.2. The van der Waals surface area contributed by atoms with Gasteiger partial charge in [-0.15, -0.1) is 0 Å². The number of furan rings is 1. The molecular formula is C13H14BrN3O2. The third-order valence-electron chi connectivity index (χ3n) is 3.31. The Bertz CT molecular complexity index is 603. The minimum Gasteiger partial charge on any atom is -0.444 e. The summed E-state index contributed by atoms with van der Waals surface area (Å²) < 4.78 is 7.80. The number of carbonyl (C=O) groups excluding carboxylic acids is 1. The average Bonchev–Trinajstić information content (AvgIpc) is 3.02. The Kier molecular flexibility index (Phi) is 3.42. The summed E-state index contributed by atoms with van der Waals surface area (Å²) in [6, 6.07) is 3.35. The van der Waals surface area contributed by atoms with Crippen LogP contribution in [0.3, 0.4) is 0 Å². The fourth-order valence-corrected chi connectivity index (χ4v) is 2.64. The number of fused-ring (bicyclic) bond motifs is 1. The lowest BCUT2D eigenvalue weighted by Crippen LogP contribution is -2.23. The minimum atomic E-state index is -0.207. The first-order valence-electron chi connectivity index (χ1n) is 6.31. The molecule has 1 aliphatic heterocycles. The molecule has 0 saturated carbocycles. The van der Waals surface area contributed by atoms with Gasteiger partial charge in [0.05, 0.1) is 6.20 Å². The maximum absolute atomic E-state index is 11.9. The zero-order valence-corrected chi connectivity index (χ0v) is 11.9. The molecule has 0 saturated heterocycles. The lowest BCUT2D eigenvalue weighted by atomic mass is 10.1. The number of carbonyl (C=O) groups is 1. The summed E-state index contributed by atoms with van der Waals surface area (Å²) in [7, 11) is 0. The third-order valence-corrected chi connectivity index (χ3v) is 3.73. The molecule has 5 nitrogen and oxygen atoms in total. The summed E-state index contributed by atoms with van der Waals surface area (Å²) in [5.74, 6) is 0.106. The van der Waals surface area contributed by atoms with E-state index in [1.165, 1.54) is 18.5 Å². The van der Waals surface area contributed by atoms with Gasteiger partial charge >= 0.3 is 0 Å². The summed E-state index contributed by atoms with van der Waals surface area (Å²) >= 11 is 3.18. The number of rotatable bonds is 3. The molecule has 100 valence electrons. The molecule has 2 aromatic heterocycles. The maximum Gasteiger partial charge on any atom is 0.287 e. The van der Waals surface area contributed by atoms with E-state index in [0.29, 0.717) is 17.0 Å². The highest BCUT2D eigenvalue weighted by Gasteiger charge is 2.16. The van der Waals surface area contributed by atoms with Crippen LogP contribution < -0.4 is 5.32 Å². The summed E-state index contributed by atoms with van der Waals surface area (Å²) in [6.07, 6.45) is 5.26. The van der Waals surface area contributed by atoms with Crippen molar-refractivity contribution < 1.29 is 9.21 Å². The van der Waals surface area contributed by atoms with E-state index in [4.69, 9.17) is 4.42 Å². The van der Waals surface area contributed by atoms with Gasteiger partial charge < -0.3 is 9.73 Å². The van der Waals surface area contributed by atoms with Gasteiger partial charge in [0, 0.05) is 24.3 Å². The number of halogens is 1. The van der Waals surface area contributed by atoms with Crippen molar-refractivity contribution in [2.24, 2.45) is 0 Å². The lowest BCUT2D eigenvalue weighted by Gasteiger charge is -2.14. The molecule has 0 spiro atoms. The molecule has 3 heterocycles. The van der Waals surface area contributed by atoms with Crippen LogP contribution in [0, 0.1) is 0 Å². The molecule has 0 fully saturated rings. The Morgan fingerprint density at radius 1 is 1.47 bits per heavy atom. The van der Waals surface area contributed by atoms with Crippen LogP contribution in [-0.2, 0) is 19.5 Å². The quantitative estimate of drug-likeness (QED) is 0.944. The smallest absolute Gasteiger partial charge is 0.287 e. The molecule has 1 amide bonds. The van der Waals surface area contributed by atoms with Crippen LogP contribution in [0.1, 0.15) is 34.7 Å². The predicted octanol–water partition coefficient (Wildman–Crippen LogP) is 2.50. The fraction of sp³-hybridized carbons (Fsp3) is 0.385. The van der Waals surface area contributed by atoms with Crippen LogP contribution in [0.5, 0.6) is 0 Å². The summed E-state index contributed by atoms with van der Waals surface area (Å²) in [5.41, 5.74) is 2.34. The van der Waals surface area contributed by atoms with Gasteiger partial charge in [-0.25, -0.2) is 0 Å². The molecule has 0 bridgehead atoms. The second kappa shape index (κ2) is 5.21. The molecule has 0 aromatic carbocycles. The molecule has 0 unspecified atom stereocenters.